The van der Waals surface area contributed by atoms with Gasteiger partial charge in [0.25, 0.3) is 0 Å². The fourth-order valence-corrected chi connectivity index (χ4v) is 2.45. The Hall–Kier alpha value is -1.89. The van der Waals surface area contributed by atoms with Gasteiger partial charge in [0, 0.05) is 18.2 Å². The summed E-state index contributed by atoms with van der Waals surface area (Å²) in [6.07, 6.45) is 3.53. The van der Waals surface area contributed by atoms with Crippen LogP contribution in [-0.2, 0) is 28.9 Å². The Bertz CT molecular complexity index is 580. The van der Waals surface area contributed by atoms with E-state index in [2.05, 4.69) is 15.3 Å². The fourth-order valence-electron chi connectivity index (χ4n) is 1.71. The summed E-state index contributed by atoms with van der Waals surface area (Å²) in [7, 11) is 0. The smallest absolute Gasteiger partial charge is 0.306 e. The Kier molecular flexibility index (Phi) is 5.74. The van der Waals surface area contributed by atoms with E-state index in [9.17, 15) is 4.79 Å². The van der Waals surface area contributed by atoms with Gasteiger partial charge in [0.05, 0.1) is 31.5 Å². The van der Waals surface area contributed by atoms with Crippen molar-refractivity contribution in [3.8, 4) is 0 Å². The molecule has 0 atom stereocenters. The van der Waals surface area contributed by atoms with Gasteiger partial charge in [0.1, 0.15) is 5.76 Å². The highest BCUT2D eigenvalue weighted by atomic mass is 32.1. The van der Waals surface area contributed by atoms with Gasteiger partial charge in [-0.3, -0.25) is 4.79 Å². The molecule has 0 radical (unpaired) electrons. The van der Waals surface area contributed by atoms with Gasteiger partial charge < -0.3 is 14.5 Å². The van der Waals surface area contributed by atoms with Crippen LogP contribution < -0.4 is 5.32 Å². The second kappa shape index (κ2) is 7.78. The van der Waals surface area contributed by atoms with Crippen LogP contribution in [0.3, 0.4) is 0 Å². The Morgan fingerprint density at radius 2 is 2.33 bits per heavy atom. The number of thiazole rings is 1. The summed E-state index contributed by atoms with van der Waals surface area (Å²) in [6, 6.07) is 0. The van der Waals surface area contributed by atoms with E-state index in [1.165, 1.54) is 11.3 Å². The van der Waals surface area contributed by atoms with E-state index in [0.29, 0.717) is 31.9 Å². The molecular weight excluding hydrogens is 290 g/mol. The Morgan fingerprint density at radius 3 is 3.05 bits per heavy atom. The number of hydrogen-bond acceptors (Lipinski definition) is 7. The zero-order valence-electron chi connectivity index (χ0n) is 12.2. The number of hydrogen-bond donors (Lipinski definition) is 1. The van der Waals surface area contributed by atoms with Crippen LogP contribution in [0.25, 0.3) is 0 Å². The molecule has 114 valence electrons. The maximum absolute atomic E-state index is 11.3. The van der Waals surface area contributed by atoms with Crippen LogP contribution in [-0.4, -0.2) is 22.5 Å². The summed E-state index contributed by atoms with van der Waals surface area (Å²) in [5.41, 5.74) is 0.886. The van der Waals surface area contributed by atoms with Crippen LogP contribution in [0.4, 0.5) is 5.13 Å². The van der Waals surface area contributed by atoms with Crippen molar-refractivity contribution >= 4 is 22.4 Å². The summed E-state index contributed by atoms with van der Waals surface area (Å²) < 4.78 is 10.4. The van der Waals surface area contributed by atoms with Gasteiger partial charge in [-0.1, -0.05) is 6.92 Å². The monoisotopic (exact) mass is 309 g/mol. The van der Waals surface area contributed by atoms with Crippen molar-refractivity contribution in [2.75, 3.05) is 11.9 Å². The second-order valence-corrected chi connectivity index (χ2v) is 5.23. The van der Waals surface area contributed by atoms with Gasteiger partial charge in [0.2, 0.25) is 5.89 Å². The van der Waals surface area contributed by atoms with Crippen molar-refractivity contribution < 1.29 is 13.9 Å². The van der Waals surface area contributed by atoms with Crippen molar-refractivity contribution in [2.24, 2.45) is 0 Å². The van der Waals surface area contributed by atoms with Crippen molar-refractivity contribution in [1.82, 2.24) is 9.97 Å². The molecule has 0 amide bonds. The lowest BCUT2D eigenvalue weighted by Crippen LogP contribution is -2.05. The summed E-state index contributed by atoms with van der Waals surface area (Å²) in [6.45, 7) is 4.74. The number of esters is 1. The van der Waals surface area contributed by atoms with Gasteiger partial charge in [0.15, 0.2) is 5.13 Å². The van der Waals surface area contributed by atoms with Crippen molar-refractivity contribution in [3.63, 3.8) is 0 Å². The number of nitrogens with zero attached hydrogens (tertiary/aromatic N) is 2. The molecule has 0 aliphatic heterocycles. The highest BCUT2D eigenvalue weighted by Crippen LogP contribution is 2.17. The molecule has 0 aliphatic carbocycles. The van der Waals surface area contributed by atoms with Gasteiger partial charge in [-0.2, -0.15) is 0 Å². The molecule has 2 aromatic heterocycles. The van der Waals surface area contributed by atoms with Crippen LogP contribution >= 0.6 is 11.3 Å². The number of rotatable bonds is 8. The fraction of sp³-hybridized carbons (Fsp3) is 0.500. The number of carbonyl (C=O) groups excluding carboxylic acids is 1. The lowest BCUT2D eigenvalue weighted by atomic mass is 10.2. The molecule has 6 nitrogen and oxygen atoms in total. The van der Waals surface area contributed by atoms with E-state index >= 15 is 0 Å². The highest BCUT2D eigenvalue weighted by Gasteiger charge is 2.07. The molecule has 0 unspecified atom stereocenters. The predicted octanol–water partition coefficient (Wildman–Crippen LogP) is 2.80. The number of ether oxygens (including phenoxy) is 1. The molecule has 0 saturated heterocycles. The molecule has 0 fully saturated rings. The van der Waals surface area contributed by atoms with Crippen molar-refractivity contribution in [3.05, 3.63) is 28.9 Å². The average molecular weight is 309 g/mol. The predicted molar refractivity (Wildman–Crippen MR) is 80.3 cm³/mol. The van der Waals surface area contributed by atoms with E-state index in [1.54, 1.807) is 13.1 Å². The normalized spacial score (nSPS) is 10.6. The number of carbonyl (C=O) groups is 1. The van der Waals surface area contributed by atoms with E-state index in [0.717, 1.165) is 23.0 Å². The molecule has 0 aromatic carbocycles. The molecule has 21 heavy (non-hydrogen) atoms. The first-order valence-electron chi connectivity index (χ1n) is 6.98. The first-order chi connectivity index (χ1) is 10.2. The second-order valence-electron chi connectivity index (χ2n) is 4.38. The molecule has 1 N–H and O–H groups in total. The SMILES string of the molecule is CCOC(=O)CCc1csc(NCc2ncc(CC)o2)n1. The van der Waals surface area contributed by atoms with E-state index in [1.807, 2.05) is 12.3 Å². The number of nitrogens with one attached hydrogen (secondary N) is 1. The lowest BCUT2D eigenvalue weighted by Gasteiger charge is -2.00. The quantitative estimate of drug-likeness (QED) is 0.756. The minimum Gasteiger partial charge on any atom is -0.466 e. The number of oxazole rings is 1. The van der Waals surface area contributed by atoms with Crippen LogP contribution in [0.2, 0.25) is 0 Å². The standard InChI is InChI=1S/C14H19N3O3S/c1-3-11-7-15-12(20-11)8-16-14-17-10(9-21-14)5-6-13(18)19-4-2/h7,9H,3-6,8H2,1-2H3,(H,16,17). The van der Waals surface area contributed by atoms with Crippen LogP contribution in [0.1, 0.15) is 37.6 Å². The molecule has 2 heterocycles. The third-order valence-corrected chi connectivity index (χ3v) is 3.63. The van der Waals surface area contributed by atoms with Gasteiger partial charge in [-0.15, -0.1) is 11.3 Å². The summed E-state index contributed by atoms with van der Waals surface area (Å²) in [4.78, 5) is 19.9. The molecule has 2 rings (SSSR count). The minimum absolute atomic E-state index is 0.188. The van der Waals surface area contributed by atoms with Crippen molar-refractivity contribution in [2.45, 2.75) is 39.7 Å². The molecule has 0 bridgehead atoms. The van der Waals surface area contributed by atoms with E-state index < -0.39 is 0 Å². The van der Waals surface area contributed by atoms with Crippen LogP contribution in [0.5, 0.6) is 0 Å². The highest BCUT2D eigenvalue weighted by molar-refractivity contribution is 7.13. The maximum Gasteiger partial charge on any atom is 0.306 e. The zero-order valence-corrected chi connectivity index (χ0v) is 13.0. The molecule has 0 aliphatic rings. The van der Waals surface area contributed by atoms with Gasteiger partial charge in [-0.25, -0.2) is 9.97 Å². The Labute approximate surface area is 127 Å². The summed E-state index contributed by atoms with van der Waals surface area (Å²) >= 11 is 1.50. The first kappa shape index (κ1) is 15.5. The third kappa shape index (κ3) is 4.86. The third-order valence-electron chi connectivity index (χ3n) is 2.78. The molecule has 7 heteroatoms. The molecular formula is C14H19N3O3S. The molecule has 2 aromatic rings. The zero-order chi connectivity index (χ0) is 15.1. The summed E-state index contributed by atoms with van der Waals surface area (Å²) in [5.74, 6) is 1.34. The number of aromatic nitrogens is 2. The van der Waals surface area contributed by atoms with Crippen LogP contribution in [0, 0.1) is 0 Å². The lowest BCUT2D eigenvalue weighted by molar-refractivity contribution is -0.143. The van der Waals surface area contributed by atoms with E-state index in [-0.39, 0.29) is 5.97 Å². The van der Waals surface area contributed by atoms with Crippen LogP contribution in [0.15, 0.2) is 16.0 Å². The Morgan fingerprint density at radius 1 is 1.48 bits per heavy atom. The molecule has 0 spiro atoms. The Balaban J connectivity index is 1.78. The van der Waals surface area contributed by atoms with Crippen molar-refractivity contribution in [1.29, 1.82) is 0 Å². The topological polar surface area (TPSA) is 77.2 Å². The summed E-state index contributed by atoms with van der Waals surface area (Å²) in [5, 5.41) is 5.90. The van der Waals surface area contributed by atoms with E-state index in [4.69, 9.17) is 9.15 Å². The van der Waals surface area contributed by atoms with Gasteiger partial charge >= 0.3 is 5.97 Å². The first-order valence-corrected chi connectivity index (χ1v) is 7.86. The van der Waals surface area contributed by atoms with Gasteiger partial charge in [-0.05, 0) is 6.92 Å². The maximum atomic E-state index is 11.3. The number of aryl methyl sites for hydroxylation is 2. The average Bonchev–Trinajstić information content (AvgIpc) is 3.12. The largest absolute Gasteiger partial charge is 0.466 e. The number of anilines is 1. The minimum atomic E-state index is -0.188. The molecule has 0 saturated carbocycles.